The summed E-state index contributed by atoms with van der Waals surface area (Å²) in [6.45, 7) is 0.745. The van der Waals surface area contributed by atoms with Gasteiger partial charge in [0, 0.05) is 30.0 Å². The summed E-state index contributed by atoms with van der Waals surface area (Å²) in [5, 5.41) is 2.70. The number of hydrogen-bond acceptors (Lipinski definition) is 6. The first-order valence-corrected chi connectivity index (χ1v) is 9.20. The Morgan fingerprint density at radius 2 is 1.77 bits per heavy atom. The van der Waals surface area contributed by atoms with E-state index in [0.717, 1.165) is 4.90 Å². The molecule has 7 nitrogen and oxygen atoms in total. The average Bonchev–Trinajstić information content (AvgIpc) is 3.10. The highest BCUT2D eigenvalue weighted by atomic mass is 32.2. The van der Waals surface area contributed by atoms with Gasteiger partial charge in [0.1, 0.15) is 0 Å². The maximum atomic E-state index is 13.1. The van der Waals surface area contributed by atoms with E-state index in [2.05, 4.69) is 5.32 Å². The molecule has 0 bridgehead atoms. The Bertz CT molecular complexity index is 907. The minimum atomic E-state index is -1.44. The molecule has 1 unspecified atom stereocenters. The number of hydrogen-bond donors (Lipinski definition) is 1. The van der Waals surface area contributed by atoms with Gasteiger partial charge >= 0.3 is 6.03 Å². The van der Waals surface area contributed by atoms with Gasteiger partial charge in [0.15, 0.2) is 11.3 Å². The molecule has 1 fully saturated rings. The molecule has 1 aliphatic carbocycles. The zero-order chi connectivity index (χ0) is 18.6. The molecule has 1 N–H and O–H groups in total. The van der Waals surface area contributed by atoms with Crippen molar-refractivity contribution in [3.63, 3.8) is 0 Å². The standard InChI is InChI=1S/C18H17N3O4S/c1-20(2)7-8-21-16(24)18(19-17(21)25)9-26-15-12(18)13(22)10-5-3-4-6-11(10)14(15)23/h3-6H,7-9H2,1-2H3,(H,19,25). The second kappa shape index (κ2) is 5.78. The number of urea groups is 1. The molecule has 2 heterocycles. The van der Waals surface area contributed by atoms with Crippen molar-refractivity contribution < 1.29 is 19.2 Å². The van der Waals surface area contributed by atoms with E-state index < -0.39 is 17.5 Å². The quantitative estimate of drug-likeness (QED) is 0.795. The van der Waals surface area contributed by atoms with Crippen molar-refractivity contribution in [1.29, 1.82) is 0 Å². The van der Waals surface area contributed by atoms with Crippen LogP contribution in [0.2, 0.25) is 0 Å². The number of Topliss-reactive ketones (excluding diaryl/α,β-unsaturated/α-hetero) is 2. The highest BCUT2D eigenvalue weighted by molar-refractivity contribution is 8.04. The number of allylic oxidation sites excluding steroid dienone is 1. The predicted octanol–water partition coefficient (Wildman–Crippen LogP) is 0.919. The third-order valence-electron chi connectivity index (χ3n) is 4.88. The number of nitrogens with zero attached hydrogens (tertiary/aromatic N) is 2. The van der Waals surface area contributed by atoms with Crippen molar-refractivity contribution in [2.45, 2.75) is 5.54 Å². The molecule has 1 aromatic carbocycles. The molecule has 4 rings (SSSR count). The van der Waals surface area contributed by atoms with Gasteiger partial charge in [-0.15, -0.1) is 11.8 Å². The largest absolute Gasteiger partial charge is 0.325 e. The second-order valence-corrected chi connectivity index (χ2v) is 7.78. The number of amides is 3. The third kappa shape index (κ3) is 2.18. The third-order valence-corrected chi connectivity index (χ3v) is 6.14. The smallest absolute Gasteiger partial charge is 0.318 e. The Kier molecular flexibility index (Phi) is 3.78. The maximum absolute atomic E-state index is 13.1. The first-order chi connectivity index (χ1) is 12.4. The molecule has 2 aliphatic heterocycles. The molecule has 1 spiro atoms. The van der Waals surface area contributed by atoms with Gasteiger partial charge in [-0.3, -0.25) is 19.3 Å². The van der Waals surface area contributed by atoms with E-state index in [1.807, 2.05) is 19.0 Å². The number of ketones is 2. The van der Waals surface area contributed by atoms with Crippen LogP contribution < -0.4 is 5.32 Å². The molecule has 3 amide bonds. The predicted molar refractivity (Wildman–Crippen MR) is 96.1 cm³/mol. The van der Waals surface area contributed by atoms with Gasteiger partial charge in [-0.05, 0) is 14.1 Å². The van der Waals surface area contributed by atoms with Crippen molar-refractivity contribution in [3.05, 3.63) is 45.9 Å². The van der Waals surface area contributed by atoms with Crippen molar-refractivity contribution >= 4 is 35.3 Å². The van der Waals surface area contributed by atoms with Gasteiger partial charge in [-0.1, -0.05) is 24.3 Å². The first kappa shape index (κ1) is 17.0. The molecule has 134 valence electrons. The van der Waals surface area contributed by atoms with Crippen LogP contribution in [-0.2, 0) is 4.79 Å². The molecular formula is C18H17N3O4S. The lowest BCUT2D eigenvalue weighted by atomic mass is 9.79. The van der Waals surface area contributed by atoms with Crippen LogP contribution in [0, 0.1) is 0 Å². The Balaban J connectivity index is 1.76. The molecule has 0 saturated carbocycles. The summed E-state index contributed by atoms with van der Waals surface area (Å²) in [6.07, 6.45) is 0. The summed E-state index contributed by atoms with van der Waals surface area (Å²) in [4.78, 5) is 54.6. The van der Waals surface area contributed by atoms with Crippen LogP contribution in [0.3, 0.4) is 0 Å². The fourth-order valence-electron chi connectivity index (χ4n) is 3.53. The maximum Gasteiger partial charge on any atom is 0.325 e. The van der Waals surface area contributed by atoms with Crippen LogP contribution in [0.1, 0.15) is 20.7 Å². The summed E-state index contributed by atoms with van der Waals surface area (Å²) in [5.41, 5.74) is -0.685. The molecule has 26 heavy (non-hydrogen) atoms. The van der Waals surface area contributed by atoms with Crippen molar-refractivity contribution in [2.75, 3.05) is 32.9 Å². The molecular weight excluding hydrogens is 354 g/mol. The Hall–Kier alpha value is -2.45. The summed E-state index contributed by atoms with van der Waals surface area (Å²) in [6, 6.07) is 6.06. The minimum absolute atomic E-state index is 0.122. The second-order valence-electron chi connectivity index (χ2n) is 6.79. The van der Waals surface area contributed by atoms with E-state index in [-0.39, 0.29) is 39.9 Å². The van der Waals surface area contributed by atoms with Crippen LogP contribution in [0.25, 0.3) is 0 Å². The molecule has 1 aromatic rings. The van der Waals surface area contributed by atoms with E-state index in [1.165, 1.54) is 11.8 Å². The number of thioether (sulfide) groups is 1. The number of imide groups is 1. The number of rotatable bonds is 3. The monoisotopic (exact) mass is 371 g/mol. The average molecular weight is 371 g/mol. The molecule has 3 aliphatic rings. The molecule has 0 aromatic heterocycles. The number of likely N-dealkylation sites (N-methyl/N-ethyl adjacent to an activating group) is 1. The highest BCUT2D eigenvalue weighted by Crippen LogP contribution is 2.47. The van der Waals surface area contributed by atoms with Gasteiger partial charge in [0.05, 0.1) is 10.5 Å². The fraction of sp³-hybridized carbons (Fsp3) is 0.333. The zero-order valence-electron chi connectivity index (χ0n) is 14.4. The fourth-order valence-corrected chi connectivity index (χ4v) is 4.88. The topological polar surface area (TPSA) is 86.8 Å². The van der Waals surface area contributed by atoms with Crippen molar-refractivity contribution in [2.24, 2.45) is 0 Å². The summed E-state index contributed by atoms with van der Waals surface area (Å²) in [7, 11) is 3.70. The van der Waals surface area contributed by atoms with Gasteiger partial charge in [0.2, 0.25) is 5.78 Å². The van der Waals surface area contributed by atoms with Crippen LogP contribution in [0.4, 0.5) is 4.79 Å². The molecule has 0 radical (unpaired) electrons. The Morgan fingerprint density at radius 3 is 2.42 bits per heavy atom. The van der Waals surface area contributed by atoms with Crippen LogP contribution in [-0.4, -0.2) is 71.8 Å². The van der Waals surface area contributed by atoms with Crippen molar-refractivity contribution in [3.8, 4) is 0 Å². The number of carbonyl (C=O) groups excluding carboxylic acids is 4. The number of fused-ring (bicyclic) bond motifs is 2. The van der Waals surface area contributed by atoms with Gasteiger partial charge in [0.25, 0.3) is 5.91 Å². The first-order valence-electron chi connectivity index (χ1n) is 8.21. The lowest BCUT2D eigenvalue weighted by Gasteiger charge is -2.26. The SMILES string of the molecule is CN(C)CCN1C(=O)NC2(CSC3=C2C(=O)c2ccccc2C3=O)C1=O. The van der Waals surface area contributed by atoms with Gasteiger partial charge in [-0.25, -0.2) is 4.79 Å². The van der Waals surface area contributed by atoms with Gasteiger partial charge in [-0.2, -0.15) is 0 Å². The number of nitrogens with one attached hydrogen (secondary N) is 1. The van der Waals surface area contributed by atoms with E-state index in [4.69, 9.17) is 0 Å². The van der Waals surface area contributed by atoms with E-state index >= 15 is 0 Å². The summed E-state index contributed by atoms with van der Waals surface area (Å²) >= 11 is 1.17. The number of benzene rings is 1. The van der Waals surface area contributed by atoms with E-state index in [1.54, 1.807) is 24.3 Å². The highest BCUT2D eigenvalue weighted by Gasteiger charge is 2.61. The van der Waals surface area contributed by atoms with Crippen LogP contribution >= 0.6 is 11.8 Å². The summed E-state index contributed by atoms with van der Waals surface area (Å²) < 4.78 is 0. The minimum Gasteiger partial charge on any atom is -0.318 e. The van der Waals surface area contributed by atoms with E-state index in [9.17, 15) is 19.2 Å². The Labute approximate surface area is 154 Å². The van der Waals surface area contributed by atoms with Crippen molar-refractivity contribution in [1.82, 2.24) is 15.1 Å². The van der Waals surface area contributed by atoms with Crippen LogP contribution in [0.5, 0.6) is 0 Å². The molecule has 1 saturated heterocycles. The molecule has 1 atom stereocenters. The summed E-state index contributed by atoms with van der Waals surface area (Å²) in [5.74, 6) is -0.914. The number of carbonyl (C=O) groups is 4. The normalized spacial score (nSPS) is 24.7. The zero-order valence-corrected chi connectivity index (χ0v) is 15.2. The van der Waals surface area contributed by atoms with Gasteiger partial charge < -0.3 is 10.2 Å². The molecule has 8 heteroatoms. The van der Waals surface area contributed by atoms with E-state index in [0.29, 0.717) is 12.1 Å². The Morgan fingerprint density at radius 1 is 1.12 bits per heavy atom. The lowest BCUT2D eigenvalue weighted by molar-refractivity contribution is -0.129. The van der Waals surface area contributed by atoms with Crippen LogP contribution in [0.15, 0.2) is 34.7 Å². The lowest BCUT2D eigenvalue weighted by Crippen LogP contribution is -2.52.